The van der Waals surface area contributed by atoms with Gasteiger partial charge in [-0.15, -0.1) is 12.6 Å². The molecule has 2 rings (SSSR count). The fourth-order valence-electron chi connectivity index (χ4n) is 2.21. The minimum atomic E-state index is -0.123. The van der Waals surface area contributed by atoms with E-state index >= 15 is 0 Å². The number of carbonyl (C=O) groups excluding carboxylic acids is 1. The van der Waals surface area contributed by atoms with Crippen LogP contribution in [0.4, 0.5) is 0 Å². The van der Waals surface area contributed by atoms with E-state index < -0.39 is 0 Å². The van der Waals surface area contributed by atoms with Crippen molar-refractivity contribution in [3.05, 3.63) is 28.8 Å². The van der Waals surface area contributed by atoms with Crippen molar-refractivity contribution in [3.8, 4) is 0 Å². The minimum absolute atomic E-state index is 0.105. The highest BCUT2D eigenvalue weighted by Crippen LogP contribution is 2.24. The maximum absolute atomic E-state index is 12.4. The molecule has 104 valence electrons. The van der Waals surface area contributed by atoms with Crippen LogP contribution in [0.1, 0.15) is 10.4 Å². The average Bonchev–Trinajstić information content (AvgIpc) is 2.84. The third kappa shape index (κ3) is 3.05. The molecule has 4 nitrogen and oxygen atoms in total. The highest BCUT2D eigenvalue weighted by atomic mass is 35.5. The molecule has 1 aromatic rings. The number of nitrogens with zero attached hydrogens (tertiary/aromatic N) is 1. The highest BCUT2D eigenvalue weighted by molar-refractivity contribution is 7.80. The topological polar surface area (TPSA) is 38.8 Å². The second-order valence-corrected chi connectivity index (χ2v) is 5.35. The van der Waals surface area contributed by atoms with Gasteiger partial charge in [0, 0.05) is 32.2 Å². The van der Waals surface area contributed by atoms with E-state index in [2.05, 4.69) is 12.6 Å². The molecule has 0 spiro atoms. The number of rotatable bonds is 3. The summed E-state index contributed by atoms with van der Waals surface area (Å²) in [5.74, 6) is -0.123. The first-order valence-electron chi connectivity index (χ1n) is 5.90. The van der Waals surface area contributed by atoms with E-state index in [-0.39, 0.29) is 18.1 Å². The van der Waals surface area contributed by atoms with Crippen LogP contribution in [0.5, 0.6) is 0 Å². The smallest absolute Gasteiger partial charge is 0.255 e. The van der Waals surface area contributed by atoms with Crippen LogP contribution in [0.15, 0.2) is 23.1 Å². The number of methoxy groups -OCH3 is 2. The fourth-order valence-corrected chi connectivity index (χ4v) is 2.61. The molecule has 0 saturated carbocycles. The Morgan fingerprint density at radius 2 is 1.89 bits per heavy atom. The van der Waals surface area contributed by atoms with Crippen LogP contribution in [0.25, 0.3) is 0 Å². The second kappa shape index (κ2) is 6.13. The van der Waals surface area contributed by atoms with Crippen molar-refractivity contribution in [1.29, 1.82) is 0 Å². The van der Waals surface area contributed by atoms with E-state index in [9.17, 15) is 4.79 Å². The quantitative estimate of drug-likeness (QED) is 0.869. The lowest BCUT2D eigenvalue weighted by molar-refractivity contribution is -0.00461. The third-order valence-electron chi connectivity index (χ3n) is 3.29. The zero-order chi connectivity index (χ0) is 14.0. The van der Waals surface area contributed by atoms with Gasteiger partial charge in [0.2, 0.25) is 0 Å². The summed E-state index contributed by atoms with van der Waals surface area (Å²) in [7, 11) is 3.23. The molecule has 1 aromatic carbocycles. The maximum Gasteiger partial charge on any atom is 0.255 e. The van der Waals surface area contributed by atoms with Gasteiger partial charge in [0.05, 0.1) is 10.6 Å². The van der Waals surface area contributed by atoms with E-state index in [0.717, 1.165) is 0 Å². The van der Waals surface area contributed by atoms with Gasteiger partial charge in [0.25, 0.3) is 5.91 Å². The Bertz CT molecular complexity index is 471. The molecule has 1 amide bonds. The number of benzene rings is 1. The molecule has 2 unspecified atom stereocenters. The van der Waals surface area contributed by atoms with Crippen molar-refractivity contribution in [2.45, 2.75) is 17.1 Å². The number of halogens is 1. The number of carbonyl (C=O) groups is 1. The van der Waals surface area contributed by atoms with Gasteiger partial charge >= 0.3 is 0 Å². The summed E-state index contributed by atoms with van der Waals surface area (Å²) in [4.78, 5) is 14.8. The molecule has 1 saturated heterocycles. The lowest BCUT2D eigenvalue weighted by atomic mass is 10.2. The van der Waals surface area contributed by atoms with Crippen molar-refractivity contribution in [2.75, 3.05) is 27.3 Å². The predicted octanol–water partition coefficient (Wildman–Crippen LogP) is 2.11. The maximum atomic E-state index is 12.4. The Morgan fingerprint density at radius 3 is 2.42 bits per heavy atom. The molecular formula is C13H16ClNO3S. The summed E-state index contributed by atoms with van der Waals surface area (Å²) in [6.07, 6.45) is -0.209. The number of thiol groups is 1. The Kier molecular flexibility index (Phi) is 4.73. The fraction of sp³-hybridized carbons (Fsp3) is 0.462. The van der Waals surface area contributed by atoms with Crippen molar-refractivity contribution in [1.82, 2.24) is 4.90 Å². The average molecular weight is 302 g/mol. The SMILES string of the molecule is COC1CN(C(=O)c2cc(S)ccc2Cl)CC1OC. The van der Waals surface area contributed by atoms with Crippen LogP contribution in [0.2, 0.25) is 5.02 Å². The van der Waals surface area contributed by atoms with E-state index in [4.69, 9.17) is 21.1 Å². The van der Waals surface area contributed by atoms with Crippen LogP contribution < -0.4 is 0 Å². The zero-order valence-electron chi connectivity index (χ0n) is 10.8. The van der Waals surface area contributed by atoms with Crippen LogP contribution in [-0.2, 0) is 9.47 Å². The zero-order valence-corrected chi connectivity index (χ0v) is 12.4. The molecule has 6 heteroatoms. The van der Waals surface area contributed by atoms with Crippen LogP contribution >= 0.6 is 24.2 Å². The molecule has 0 N–H and O–H groups in total. The summed E-state index contributed by atoms with van der Waals surface area (Å²) in [5, 5.41) is 0.428. The number of ether oxygens (including phenoxy) is 2. The number of hydrogen-bond acceptors (Lipinski definition) is 4. The van der Waals surface area contributed by atoms with Crippen molar-refractivity contribution >= 4 is 30.1 Å². The summed E-state index contributed by atoms with van der Waals surface area (Å²) in [5.41, 5.74) is 0.459. The highest BCUT2D eigenvalue weighted by Gasteiger charge is 2.36. The van der Waals surface area contributed by atoms with E-state index in [1.165, 1.54) is 0 Å². The van der Waals surface area contributed by atoms with Gasteiger partial charge < -0.3 is 14.4 Å². The predicted molar refractivity (Wildman–Crippen MR) is 76.2 cm³/mol. The standard InChI is InChI=1S/C13H16ClNO3S/c1-17-11-6-15(7-12(11)18-2)13(16)9-5-8(19)3-4-10(9)14/h3-5,11-12,19H,6-7H2,1-2H3. The molecule has 19 heavy (non-hydrogen) atoms. The molecule has 1 fully saturated rings. The lowest BCUT2D eigenvalue weighted by Crippen LogP contribution is -2.30. The van der Waals surface area contributed by atoms with Gasteiger partial charge in [-0.3, -0.25) is 4.79 Å². The van der Waals surface area contributed by atoms with Crippen molar-refractivity contribution in [3.63, 3.8) is 0 Å². The summed E-state index contributed by atoms with van der Waals surface area (Å²) in [6, 6.07) is 5.10. The molecule has 1 heterocycles. The van der Waals surface area contributed by atoms with Gasteiger partial charge in [-0.1, -0.05) is 11.6 Å². The number of likely N-dealkylation sites (tertiary alicyclic amines) is 1. The Labute approximate surface area is 123 Å². The van der Waals surface area contributed by atoms with Gasteiger partial charge in [-0.25, -0.2) is 0 Å². The molecule has 1 aliphatic heterocycles. The molecule has 1 aliphatic rings. The van der Waals surface area contributed by atoms with Crippen molar-refractivity contribution < 1.29 is 14.3 Å². The monoisotopic (exact) mass is 301 g/mol. The molecule has 0 radical (unpaired) electrons. The first-order chi connectivity index (χ1) is 9.06. The van der Waals surface area contributed by atoms with Crippen molar-refractivity contribution in [2.24, 2.45) is 0 Å². The summed E-state index contributed by atoms with van der Waals surface area (Å²) in [6.45, 7) is 1.00. The molecular weight excluding hydrogens is 286 g/mol. The lowest BCUT2D eigenvalue weighted by Gasteiger charge is -2.16. The Balaban J connectivity index is 2.19. The van der Waals surface area contributed by atoms with E-state index in [1.807, 2.05) is 0 Å². The first-order valence-corrected chi connectivity index (χ1v) is 6.72. The van der Waals surface area contributed by atoms with Gasteiger partial charge in [0.15, 0.2) is 0 Å². The first kappa shape index (κ1) is 14.7. The molecule has 0 bridgehead atoms. The summed E-state index contributed by atoms with van der Waals surface area (Å²) < 4.78 is 10.6. The van der Waals surface area contributed by atoms with E-state index in [1.54, 1.807) is 37.3 Å². The second-order valence-electron chi connectivity index (χ2n) is 4.42. The summed E-state index contributed by atoms with van der Waals surface area (Å²) >= 11 is 10.3. The Morgan fingerprint density at radius 1 is 1.32 bits per heavy atom. The number of hydrogen-bond donors (Lipinski definition) is 1. The largest absolute Gasteiger partial charge is 0.377 e. The Hall–Kier alpha value is -0.750. The molecule has 0 aromatic heterocycles. The van der Waals surface area contributed by atoms with Gasteiger partial charge in [0.1, 0.15) is 12.2 Å². The van der Waals surface area contributed by atoms with E-state index in [0.29, 0.717) is 28.6 Å². The van der Waals surface area contributed by atoms with Gasteiger partial charge in [-0.05, 0) is 18.2 Å². The molecule has 2 atom stereocenters. The van der Waals surface area contributed by atoms with Crippen LogP contribution in [0.3, 0.4) is 0 Å². The van der Waals surface area contributed by atoms with Crippen LogP contribution in [-0.4, -0.2) is 50.3 Å². The minimum Gasteiger partial charge on any atom is -0.377 e. The number of amides is 1. The molecule has 0 aliphatic carbocycles. The van der Waals surface area contributed by atoms with Crippen LogP contribution in [0, 0.1) is 0 Å². The normalized spacial score (nSPS) is 22.8. The van der Waals surface area contributed by atoms with Gasteiger partial charge in [-0.2, -0.15) is 0 Å². The third-order valence-corrected chi connectivity index (χ3v) is 3.90.